The number of nitrogens with zero attached hydrogens (tertiary/aromatic N) is 1. The smallest absolute Gasteiger partial charge is 0.0480 e. The molecule has 1 N–H and O–H groups in total. The van der Waals surface area contributed by atoms with Gasteiger partial charge in [0.25, 0.3) is 0 Å². The lowest BCUT2D eigenvalue weighted by Crippen LogP contribution is -2.15. The molecule has 1 aromatic carbocycles. The van der Waals surface area contributed by atoms with E-state index in [1.165, 1.54) is 16.6 Å². The number of fused-ring (bicyclic) bond motifs is 1. The summed E-state index contributed by atoms with van der Waals surface area (Å²) in [6.45, 7) is 2.17. The zero-order chi connectivity index (χ0) is 10.1. The molecule has 0 aliphatic heterocycles. The van der Waals surface area contributed by atoms with Crippen molar-refractivity contribution < 1.29 is 0 Å². The summed E-state index contributed by atoms with van der Waals surface area (Å²) in [5.41, 5.74) is 2.62. The standard InChI is InChI=1S/C12H16N2/c1-9(13-2)12-8-10-6-4-5-7-11(10)14(12)3/h4-9,13H,1-3H3/t9-/m1/s1. The highest BCUT2D eigenvalue weighted by Crippen LogP contribution is 2.22. The molecule has 2 heteroatoms. The number of rotatable bonds is 2. The van der Waals surface area contributed by atoms with Gasteiger partial charge in [-0.25, -0.2) is 0 Å². The molecule has 0 amide bonds. The molecule has 0 aliphatic carbocycles. The van der Waals surface area contributed by atoms with E-state index in [-0.39, 0.29) is 0 Å². The molecule has 0 bridgehead atoms. The molecule has 74 valence electrons. The maximum absolute atomic E-state index is 3.26. The summed E-state index contributed by atoms with van der Waals surface area (Å²) in [6, 6.07) is 11.1. The quantitative estimate of drug-likeness (QED) is 0.766. The van der Waals surface area contributed by atoms with Crippen LogP contribution in [0, 0.1) is 0 Å². The number of hydrogen-bond donors (Lipinski definition) is 1. The van der Waals surface area contributed by atoms with Gasteiger partial charge in [-0.3, -0.25) is 0 Å². The lowest BCUT2D eigenvalue weighted by atomic mass is 10.2. The molecule has 0 saturated heterocycles. The molecular formula is C12H16N2. The largest absolute Gasteiger partial charge is 0.346 e. The van der Waals surface area contributed by atoms with Gasteiger partial charge in [0.15, 0.2) is 0 Å². The minimum atomic E-state index is 0.396. The molecule has 2 aromatic rings. The van der Waals surface area contributed by atoms with Gasteiger partial charge >= 0.3 is 0 Å². The first-order valence-electron chi connectivity index (χ1n) is 4.95. The lowest BCUT2D eigenvalue weighted by Gasteiger charge is -2.11. The van der Waals surface area contributed by atoms with Crippen molar-refractivity contribution in [2.45, 2.75) is 13.0 Å². The molecule has 0 unspecified atom stereocenters. The SMILES string of the molecule is CN[C@H](C)c1cc2ccccc2n1C. The van der Waals surface area contributed by atoms with Crippen molar-refractivity contribution >= 4 is 10.9 Å². The van der Waals surface area contributed by atoms with Crippen LogP contribution in [-0.4, -0.2) is 11.6 Å². The predicted octanol–water partition coefficient (Wildman–Crippen LogP) is 2.46. The summed E-state index contributed by atoms with van der Waals surface area (Å²) in [6.07, 6.45) is 0. The number of aromatic nitrogens is 1. The predicted molar refractivity (Wildman–Crippen MR) is 60.4 cm³/mol. The summed E-state index contributed by atoms with van der Waals surface area (Å²) in [4.78, 5) is 0. The van der Waals surface area contributed by atoms with Crippen molar-refractivity contribution in [2.24, 2.45) is 7.05 Å². The topological polar surface area (TPSA) is 17.0 Å². The first-order valence-corrected chi connectivity index (χ1v) is 4.95. The van der Waals surface area contributed by atoms with Crippen molar-refractivity contribution in [1.29, 1.82) is 0 Å². The zero-order valence-corrected chi connectivity index (χ0v) is 8.91. The molecule has 14 heavy (non-hydrogen) atoms. The third-order valence-corrected chi connectivity index (χ3v) is 2.87. The number of aryl methyl sites for hydroxylation is 1. The molecule has 1 aromatic heterocycles. The van der Waals surface area contributed by atoms with Gasteiger partial charge in [0.05, 0.1) is 0 Å². The Morgan fingerprint density at radius 1 is 1.29 bits per heavy atom. The summed E-state index contributed by atoms with van der Waals surface area (Å²) in [5, 5.41) is 4.57. The van der Waals surface area contributed by atoms with E-state index in [0.29, 0.717) is 6.04 Å². The van der Waals surface area contributed by atoms with Gasteiger partial charge in [0.2, 0.25) is 0 Å². The average Bonchev–Trinajstić information content (AvgIpc) is 2.56. The van der Waals surface area contributed by atoms with Crippen LogP contribution in [0.1, 0.15) is 18.7 Å². The van der Waals surface area contributed by atoms with Gasteiger partial charge in [-0.2, -0.15) is 0 Å². The van der Waals surface area contributed by atoms with Crippen LogP contribution in [0.2, 0.25) is 0 Å². The molecule has 0 aliphatic rings. The maximum Gasteiger partial charge on any atom is 0.0480 e. The third-order valence-electron chi connectivity index (χ3n) is 2.87. The Morgan fingerprint density at radius 2 is 2.00 bits per heavy atom. The van der Waals surface area contributed by atoms with Crippen LogP contribution in [0.3, 0.4) is 0 Å². The van der Waals surface area contributed by atoms with Crippen molar-refractivity contribution in [3.05, 3.63) is 36.0 Å². The second kappa shape index (κ2) is 3.46. The molecular weight excluding hydrogens is 172 g/mol. The van der Waals surface area contributed by atoms with Gasteiger partial charge in [0, 0.05) is 24.3 Å². The molecule has 0 saturated carbocycles. The summed E-state index contributed by atoms with van der Waals surface area (Å²) < 4.78 is 2.25. The highest BCUT2D eigenvalue weighted by atomic mass is 15.0. The molecule has 2 nitrogen and oxygen atoms in total. The van der Waals surface area contributed by atoms with E-state index < -0.39 is 0 Å². The second-order valence-corrected chi connectivity index (χ2v) is 3.70. The summed E-state index contributed by atoms with van der Waals surface area (Å²) in [7, 11) is 4.10. The van der Waals surface area contributed by atoms with Crippen molar-refractivity contribution in [3.8, 4) is 0 Å². The normalized spacial score (nSPS) is 13.4. The Labute approximate surface area is 84.5 Å². The van der Waals surface area contributed by atoms with E-state index in [1.54, 1.807) is 0 Å². The fourth-order valence-electron chi connectivity index (χ4n) is 1.87. The van der Waals surface area contributed by atoms with Gasteiger partial charge in [-0.1, -0.05) is 18.2 Å². The Hall–Kier alpha value is -1.28. The first-order chi connectivity index (χ1) is 6.74. The van der Waals surface area contributed by atoms with E-state index >= 15 is 0 Å². The molecule has 1 atom stereocenters. The van der Waals surface area contributed by atoms with E-state index in [4.69, 9.17) is 0 Å². The van der Waals surface area contributed by atoms with Gasteiger partial charge in [-0.05, 0) is 31.5 Å². The monoisotopic (exact) mass is 188 g/mol. The fraction of sp³-hybridized carbons (Fsp3) is 0.333. The van der Waals surface area contributed by atoms with Crippen LogP contribution in [-0.2, 0) is 7.05 Å². The van der Waals surface area contributed by atoms with E-state index in [0.717, 1.165) is 0 Å². The third kappa shape index (κ3) is 1.32. The van der Waals surface area contributed by atoms with Crippen LogP contribution in [0.15, 0.2) is 30.3 Å². The van der Waals surface area contributed by atoms with E-state index in [9.17, 15) is 0 Å². The maximum atomic E-state index is 3.26. The molecule has 2 rings (SSSR count). The highest BCUT2D eigenvalue weighted by molar-refractivity contribution is 5.81. The molecule has 0 fully saturated rings. The Morgan fingerprint density at radius 3 is 2.64 bits per heavy atom. The lowest BCUT2D eigenvalue weighted by molar-refractivity contribution is 0.610. The fourth-order valence-corrected chi connectivity index (χ4v) is 1.87. The van der Waals surface area contributed by atoms with Crippen molar-refractivity contribution in [3.63, 3.8) is 0 Å². The van der Waals surface area contributed by atoms with Gasteiger partial charge in [-0.15, -0.1) is 0 Å². The summed E-state index contributed by atoms with van der Waals surface area (Å²) >= 11 is 0. The van der Waals surface area contributed by atoms with Crippen molar-refractivity contribution in [2.75, 3.05) is 7.05 Å². The van der Waals surface area contributed by atoms with Crippen LogP contribution in [0.5, 0.6) is 0 Å². The summed E-state index contributed by atoms with van der Waals surface area (Å²) in [5.74, 6) is 0. The average molecular weight is 188 g/mol. The van der Waals surface area contributed by atoms with E-state index in [1.807, 2.05) is 7.05 Å². The molecule has 1 heterocycles. The number of benzene rings is 1. The minimum absolute atomic E-state index is 0.396. The number of para-hydroxylation sites is 1. The second-order valence-electron chi connectivity index (χ2n) is 3.70. The van der Waals surface area contributed by atoms with Crippen LogP contribution >= 0.6 is 0 Å². The first kappa shape index (κ1) is 9.28. The number of hydrogen-bond acceptors (Lipinski definition) is 1. The number of nitrogens with one attached hydrogen (secondary N) is 1. The van der Waals surface area contributed by atoms with Crippen molar-refractivity contribution in [1.82, 2.24) is 9.88 Å². The highest BCUT2D eigenvalue weighted by Gasteiger charge is 2.09. The molecule has 0 radical (unpaired) electrons. The van der Waals surface area contributed by atoms with Gasteiger partial charge < -0.3 is 9.88 Å². The zero-order valence-electron chi connectivity index (χ0n) is 8.91. The molecule has 0 spiro atoms. The van der Waals surface area contributed by atoms with Crippen LogP contribution in [0.4, 0.5) is 0 Å². The minimum Gasteiger partial charge on any atom is -0.346 e. The van der Waals surface area contributed by atoms with Crippen LogP contribution < -0.4 is 5.32 Å². The van der Waals surface area contributed by atoms with E-state index in [2.05, 4.69) is 54.2 Å². The Balaban J connectivity index is 2.62. The Kier molecular flexibility index (Phi) is 2.30. The van der Waals surface area contributed by atoms with Crippen LogP contribution in [0.25, 0.3) is 10.9 Å². The Bertz CT molecular complexity index is 443. The van der Waals surface area contributed by atoms with Gasteiger partial charge in [0.1, 0.15) is 0 Å².